The molecule has 0 fully saturated rings. The zero-order valence-corrected chi connectivity index (χ0v) is 15.0. The van der Waals surface area contributed by atoms with Gasteiger partial charge in [-0.3, -0.25) is 19.6 Å². The average Bonchev–Trinajstić information content (AvgIpc) is 3.16. The van der Waals surface area contributed by atoms with E-state index in [4.69, 9.17) is 9.26 Å². The van der Waals surface area contributed by atoms with Gasteiger partial charge in [0.2, 0.25) is 0 Å². The Morgan fingerprint density at radius 3 is 2.63 bits per heavy atom. The van der Waals surface area contributed by atoms with Crippen molar-refractivity contribution in [2.45, 2.75) is 20.1 Å². The molecule has 0 unspecified atom stereocenters. The van der Waals surface area contributed by atoms with Crippen molar-refractivity contribution in [3.63, 3.8) is 0 Å². The number of hydrogen-bond donors (Lipinski definition) is 0. The van der Waals surface area contributed by atoms with Crippen molar-refractivity contribution >= 4 is 11.7 Å². The first-order valence-electron chi connectivity index (χ1n) is 8.22. The van der Waals surface area contributed by atoms with Crippen LogP contribution in [0.25, 0.3) is 0 Å². The van der Waals surface area contributed by atoms with Crippen LogP contribution in [-0.2, 0) is 13.2 Å². The maximum Gasteiger partial charge on any atom is 0.276 e. The number of ketones is 1. The van der Waals surface area contributed by atoms with Gasteiger partial charge in [0.05, 0.1) is 18.4 Å². The van der Waals surface area contributed by atoms with E-state index in [1.807, 2.05) is 0 Å². The molecule has 1 aromatic carbocycles. The number of ether oxygens (including phenoxy) is 1. The fourth-order valence-corrected chi connectivity index (χ4v) is 2.34. The Morgan fingerprint density at radius 1 is 1.19 bits per heavy atom. The second kappa shape index (κ2) is 8.22. The van der Waals surface area contributed by atoms with Crippen molar-refractivity contribution in [1.29, 1.82) is 0 Å². The summed E-state index contributed by atoms with van der Waals surface area (Å²) in [6.45, 7) is 1.94. The highest BCUT2D eigenvalue weighted by atomic mass is 16.5. The van der Waals surface area contributed by atoms with E-state index in [9.17, 15) is 9.59 Å². The van der Waals surface area contributed by atoms with Gasteiger partial charge in [-0.2, -0.15) is 0 Å². The Kier molecular flexibility index (Phi) is 5.55. The quantitative estimate of drug-likeness (QED) is 0.593. The third-order valence-corrected chi connectivity index (χ3v) is 3.78. The molecule has 0 saturated carbocycles. The van der Waals surface area contributed by atoms with Crippen LogP contribution >= 0.6 is 0 Å². The van der Waals surface area contributed by atoms with Crippen molar-refractivity contribution < 1.29 is 18.8 Å². The smallest absolute Gasteiger partial charge is 0.276 e. The first-order valence-corrected chi connectivity index (χ1v) is 8.22. The van der Waals surface area contributed by atoms with Gasteiger partial charge in [-0.25, -0.2) is 0 Å². The van der Waals surface area contributed by atoms with Crippen LogP contribution < -0.4 is 4.74 Å². The minimum atomic E-state index is -0.290. The van der Waals surface area contributed by atoms with E-state index in [-0.39, 0.29) is 24.0 Å². The van der Waals surface area contributed by atoms with Gasteiger partial charge in [0.15, 0.2) is 17.2 Å². The molecule has 8 nitrogen and oxygen atoms in total. The molecule has 0 aliphatic carbocycles. The first-order chi connectivity index (χ1) is 13.0. The topological polar surface area (TPSA) is 98.4 Å². The van der Waals surface area contributed by atoms with Crippen LogP contribution in [0.1, 0.15) is 39.2 Å². The third kappa shape index (κ3) is 4.75. The molecule has 2 heterocycles. The van der Waals surface area contributed by atoms with Crippen LogP contribution in [0.15, 0.2) is 53.4 Å². The van der Waals surface area contributed by atoms with Crippen molar-refractivity contribution in [1.82, 2.24) is 20.0 Å². The van der Waals surface area contributed by atoms with E-state index in [2.05, 4.69) is 15.1 Å². The number of benzene rings is 1. The number of nitrogens with zero attached hydrogens (tertiary/aromatic N) is 4. The summed E-state index contributed by atoms with van der Waals surface area (Å²) < 4.78 is 10.8. The zero-order valence-electron chi connectivity index (χ0n) is 15.0. The maximum atomic E-state index is 12.4. The summed E-state index contributed by atoms with van der Waals surface area (Å²) in [5.41, 5.74) is 1.47. The molecule has 1 amide bonds. The van der Waals surface area contributed by atoms with Crippen LogP contribution in [0.4, 0.5) is 0 Å². The van der Waals surface area contributed by atoms with Gasteiger partial charge in [-0.05, 0) is 31.2 Å². The van der Waals surface area contributed by atoms with Crippen molar-refractivity contribution in [3.8, 4) is 5.75 Å². The standard InChI is InChI=1S/C19H18N4O4/c1-13(24)14-3-5-16(6-4-14)26-12-17-9-18(22-27-17)19(25)23(2)11-15-10-20-7-8-21-15/h3-10H,11-12H2,1-2H3. The number of carbonyl (C=O) groups excluding carboxylic acids is 2. The lowest BCUT2D eigenvalue weighted by atomic mass is 10.1. The molecule has 3 rings (SSSR count). The molecule has 3 aromatic rings. The van der Waals surface area contributed by atoms with Crippen LogP contribution in [0.5, 0.6) is 5.75 Å². The number of hydrogen-bond acceptors (Lipinski definition) is 7. The summed E-state index contributed by atoms with van der Waals surface area (Å²) in [6.07, 6.45) is 4.74. The Labute approximate surface area is 155 Å². The normalized spacial score (nSPS) is 10.4. The number of rotatable bonds is 7. The number of carbonyl (C=O) groups is 2. The molecule has 0 radical (unpaired) electrons. The van der Waals surface area contributed by atoms with E-state index < -0.39 is 0 Å². The van der Waals surface area contributed by atoms with Crippen molar-refractivity contribution in [2.75, 3.05) is 7.05 Å². The Morgan fingerprint density at radius 2 is 1.96 bits per heavy atom. The summed E-state index contributed by atoms with van der Waals surface area (Å²) in [5.74, 6) is 0.706. The first kappa shape index (κ1) is 18.2. The summed E-state index contributed by atoms with van der Waals surface area (Å²) in [5, 5.41) is 3.80. The lowest BCUT2D eigenvalue weighted by Gasteiger charge is -2.14. The third-order valence-electron chi connectivity index (χ3n) is 3.78. The highest BCUT2D eigenvalue weighted by Gasteiger charge is 2.18. The number of amides is 1. The highest BCUT2D eigenvalue weighted by molar-refractivity contribution is 5.94. The van der Waals surface area contributed by atoms with E-state index in [1.54, 1.807) is 56.0 Å². The van der Waals surface area contributed by atoms with Gasteiger partial charge >= 0.3 is 0 Å². The molecule has 27 heavy (non-hydrogen) atoms. The molecule has 0 atom stereocenters. The maximum absolute atomic E-state index is 12.4. The highest BCUT2D eigenvalue weighted by Crippen LogP contribution is 2.15. The fraction of sp³-hybridized carbons (Fsp3) is 0.211. The van der Waals surface area contributed by atoms with Gasteiger partial charge in [0, 0.05) is 31.1 Å². The average molecular weight is 366 g/mol. The summed E-state index contributed by atoms with van der Waals surface area (Å²) >= 11 is 0. The lowest BCUT2D eigenvalue weighted by molar-refractivity contribution is 0.0772. The lowest BCUT2D eigenvalue weighted by Crippen LogP contribution is -2.26. The molecule has 0 saturated heterocycles. The van der Waals surface area contributed by atoms with Gasteiger partial charge < -0.3 is 14.2 Å². The predicted molar refractivity (Wildman–Crippen MR) is 95.1 cm³/mol. The molecule has 0 spiro atoms. The van der Waals surface area contributed by atoms with Gasteiger partial charge in [-0.15, -0.1) is 0 Å². The Hall–Kier alpha value is -3.55. The molecule has 0 aliphatic heterocycles. The van der Waals surface area contributed by atoms with Crippen molar-refractivity contribution in [2.24, 2.45) is 0 Å². The van der Waals surface area contributed by atoms with Gasteiger partial charge in [0.1, 0.15) is 12.4 Å². The van der Waals surface area contributed by atoms with E-state index in [1.165, 1.54) is 11.8 Å². The molecule has 138 valence electrons. The molecule has 0 bridgehead atoms. The fourth-order valence-electron chi connectivity index (χ4n) is 2.34. The van der Waals surface area contributed by atoms with Crippen LogP contribution in [0.3, 0.4) is 0 Å². The molecule has 0 N–H and O–H groups in total. The summed E-state index contributed by atoms with van der Waals surface area (Å²) in [6, 6.07) is 8.32. The van der Waals surface area contributed by atoms with E-state index in [0.717, 1.165) is 0 Å². The second-order valence-electron chi connectivity index (χ2n) is 5.91. The Balaban J connectivity index is 1.57. The summed E-state index contributed by atoms with van der Waals surface area (Å²) in [4.78, 5) is 33.3. The Bertz CT molecular complexity index is 922. The number of Topliss-reactive ketones (excluding diaryl/α,β-unsaturated/α-hetero) is 1. The van der Waals surface area contributed by atoms with Gasteiger partial charge in [0.25, 0.3) is 5.91 Å². The monoisotopic (exact) mass is 366 g/mol. The number of aromatic nitrogens is 3. The zero-order chi connectivity index (χ0) is 19.2. The predicted octanol–water partition coefficient (Wildman–Crippen LogP) is 2.52. The van der Waals surface area contributed by atoms with Crippen LogP contribution in [0.2, 0.25) is 0 Å². The van der Waals surface area contributed by atoms with Crippen LogP contribution in [-0.4, -0.2) is 38.8 Å². The van der Waals surface area contributed by atoms with Crippen molar-refractivity contribution in [3.05, 3.63) is 71.6 Å². The minimum absolute atomic E-state index is 0.00876. The summed E-state index contributed by atoms with van der Waals surface area (Å²) in [7, 11) is 1.65. The SMILES string of the molecule is CC(=O)c1ccc(OCc2cc(C(=O)N(C)Cc3cnccn3)no2)cc1. The van der Waals surface area contributed by atoms with Gasteiger partial charge in [-0.1, -0.05) is 5.16 Å². The molecule has 0 aliphatic rings. The molecule has 2 aromatic heterocycles. The second-order valence-corrected chi connectivity index (χ2v) is 5.91. The molecular weight excluding hydrogens is 348 g/mol. The molecular formula is C19H18N4O4. The van der Waals surface area contributed by atoms with E-state index >= 15 is 0 Å². The van der Waals surface area contributed by atoms with E-state index in [0.29, 0.717) is 29.3 Å². The molecule has 8 heteroatoms. The minimum Gasteiger partial charge on any atom is -0.486 e. The van der Waals surface area contributed by atoms with Crippen LogP contribution in [0, 0.1) is 0 Å². The largest absolute Gasteiger partial charge is 0.486 e.